The summed E-state index contributed by atoms with van der Waals surface area (Å²) < 4.78 is 5.44. The maximum atomic E-state index is 5.44. The molecule has 15 heavy (non-hydrogen) atoms. The van der Waals surface area contributed by atoms with Gasteiger partial charge in [-0.1, -0.05) is 11.6 Å². The van der Waals surface area contributed by atoms with Gasteiger partial charge in [0.05, 0.1) is 6.61 Å². The van der Waals surface area contributed by atoms with Crippen molar-refractivity contribution in [3.63, 3.8) is 0 Å². The highest BCUT2D eigenvalue weighted by Gasteiger charge is 2.30. The maximum absolute atomic E-state index is 5.44. The van der Waals surface area contributed by atoms with Crippen LogP contribution in [-0.4, -0.2) is 37.2 Å². The molecule has 0 spiro atoms. The molecular weight excluding hydrogens is 186 g/mol. The molecule has 0 aromatic carbocycles. The van der Waals surface area contributed by atoms with E-state index in [2.05, 4.69) is 24.8 Å². The Hall–Kier alpha value is -0.340. The Bertz CT molecular complexity index is 223. The lowest BCUT2D eigenvalue weighted by Crippen LogP contribution is -2.32. The van der Waals surface area contributed by atoms with Gasteiger partial charge >= 0.3 is 0 Å². The molecule has 0 aromatic heterocycles. The lowest BCUT2D eigenvalue weighted by atomic mass is 10.1. The average molecular weight is 209 g/mol. The van der Waals surface area contributed by atoms with Gasteiger partial charge in [-0.3, -0.25) is 4.90 Å². The summed E-state index contributed by atoms with van der Waals surface area (Å²) in [4.78, 5) is 2.65. The fourth-order valence-electron chi connectivity index (χ4n) is 2.17. The Morgan fingerprint density at radius 3 is 2.67 bits per heavy atom. The van der Waals surface area contributed by atoms with Gasteiger partial charge in [0.2, 0.25) is 0 Å². The minimum atomic E-state index is 0.788. The zero-order valence-electron chi connectivity index (χ0n) is 10.0. The Kier molecular flexibility index (Phi) is 3.81. The van der Waals surface area contributed by atoms with Crippen LogP contribution < -0.4 is 0 Å². The third-order valence-electron chi connectivity index (χ3n) is 3.31. The summed E-state index contributed by atoms with van der Waals surface area (Å²) >= 11 is 0. The summed E-state index contributed by atoms with van der Waals surface area (Å²) in [6.45, 7) is 8.72. The maximum Gasteiger partial charge on any atom is 0.0507 e. The van der Waals surface area contributed by atoms with E-state index < -0.39 is 0 Å². The van der Waals surface area contributed by atoms with Gasteiger partial charge < -0.3 is 4.74 Å². The summed E-state index contributed by atoms with van der Waals surface area (Å²) in [5, 5.41) is 0. The van der Waals surface area contributed by atoms with Crippen molar-refractivity contribution in [3.05, 3.63) is 11.6 Å². The van der Waals surface area contributed by atoms with E-state index in [1.807, 2.05) is 0 Å². The first-order valence-electron chi connectivity index (χ1n) is 6.21. The van der Waals surface area contributed by atoms with Crippen molar-refractivity contribution in [2.75, 3.05) is 26.3 Å². The van der Waals surface area contributed by atoms with E-state index in [-0.39, 0.29) is 0 Å². The summed E-state index contributed by atoms with van der Waals surface area (Å²) in [5.74, 6) is 0.788. The molecule has 2 rings (SSSR count). The second-order valence-corrected chi connectivity index (χ2v) is 5.20. The standard InChI is InChI=1S/C13H23NO/c1-11(2)5-7-14(13-3-4-13)9-12-6-8-15-10-12/h5,12-13H,3-4,6-10H2,1-2H3. The third-order valence-corrected chi connectivity index (χ3v) is 3.31. The number of hydrogen-bond donors (Lipinski definition) is 0. The molecule has 1 heterocycles. The third kappa shape index (κ3) is 3.62. The molecule has 2 heteroatoms. The number of rotatable bonds is 5. The first-order chi connectivity index (χ1) is 7.25. The largest absolute Gasteiger partial charge is 0.381 e. The quantitative estimate of drug-likeness (QED) is 0.645. The van der Waals surface area contributed by atoms with E-state index in [1.54, 1.807) is 0 Å². The van der Waals surface area contributed by atoms with Crippen LogP contribution >= 0.6 is 0 Å². The minimum Gasteiger partial charge on any atom is -0.381 e. The Morgan fingerprint density at radius 2 is 2.13 bits per heavy atom. The number of allylic oxidation sites excluding steroid dienone is 1. The molecule has 0 N–H and O–H groups in total. The van der Waals surface area contributed by atoms with Crippen molar-refractivity contribution in [1.29, 1.82) is 0 Å². The first-order valence-corrected chi connectivity index (χ1v) is 6.21. The molecule has 2 nitrogen and oxygen atoms in total. The van der Waals surface area contributed by atoms with E-state index in [0.29, 0.717) is 0 Å². The number of nitrogens with zero attached hydrogens (tertiary/aromatic N) is 1. The SMILES string of the molecule is CC(C)=CCN(CC1CCOC1)C1CC1. The molecule has 0 radical (unpaired) electrons. The van der Waals surface area contributed by atoms with Crippen molar-refractivity contribution in [1.82, 2.24) is 4.90 Å². The highest BCUT2D eigenvalue weighted by Crippen LogP contribution is 2.28. The van der Waals surface area contributed by atoms with Crippen LogP contribution in [0.15, 0.2) is 11.6 Å². The molecule has 86 valence electrons. The molecule has 1 atom stereocenters. The van der Waals surface area contributed by atoms with Crippen LogP contribution in [0.3, 0.4) is 0 Å². The van der Waals surface area contributed by atoms with Gasteiger partial charge in [-0.05, 0) is 39.0 Å². The van der Waals surface area contributed by atoms with Gasteiger partial charge in [0.15, 0.2) is 0 Å². The van der Waals surface area contributed by atoms with Gasteiger partial charge in [-0.2, -0.15) is 0 Å². The fraction of sp³-hybridized carbons (Fsp3) is 0.846. The predicted molar refractivity (Wildman–Crippen MR) is 63.0 cm³/mol. The van der Waals surface area contributed by atoms with E-state index in [4.69, 9.17) is 4.74 Å². The van der Waals surface area contributed by atoms with Gasteiger partial charge in [-0.25, -0.2) is 0 Å². The van der Waals surface area contributed by atoms with Crippen molar-refractivity contribution in [3.8, 4) is 0 Å². The highest BCUT2D eigenvalue weighted by molar-refractivity contribution is 4.98. The highest BCUT2D eigenvalue weighted by atomic mass is 16.5. The molecule has 1 saturated heterocycles. The van der Waals surface area contributed by atoms with Crippen molar-refractivity contribution in [2.45, 2.75) is 39.2 Å². The molecule has 1 aliphatic heterocycles. The topological polar surface area (TPSA) is 12.5 Å². The van der Waals surface area contributed by atoms with E-state index in [1.165, 1.54) is 31.4 Å². The second-order valence-electron chi connectivity index (χ2n) is 5.20. The zero-order chi connectivity index (χ0) is 10.7. The van der Waals surface area contributed by atoms with Crippen LogP contribution in [0, 0.1) is 5.92 Å². The van der Waals surface area contributed by atoms with Gasteiger partial charge in [0.1, 0.15) is 0 Å². The second kappa shape index (κ2) is 5.13. The lowest BCUT2D eigenvalue weighted by molar-refractivity contribution is 0.168. The fourth-order valence-corrected chi connectivity index (χ4v) is 2.17. The molecule has 1 aliphatic carbocycles. The molecule has 1 unspecified atom stereocenters. The summed E-state index contributed by atoms with van der Waals surface area (Å²) in [7, 11) is 0. The lowest BCUT2D eigenvalue weighted by Gasteiger charge is -2.23. The van der Waals surface area contributed by atoms with Crippen LogP contribution in [-0.2, 0) is 4.74 Å². The normalized spacial score (nSPS) is 25.9. The Morgan fingerprint density at radius 1 is 1.33 bits per heavy atom. The molecule has 0 amide bonds. The zero-order valence-corrected chi connectivity index (χ0v) is 10.0. The average Bonchev–Trinajstić information content (AvgIpc) is 2.91. The molecule has 0 aromatic rings. The number of hydrogen-bond acceptors (Lipinski definition) is 2. The summed E-state index contributed by atoms with van der Waals surface area (Å²) in [6, 6.07) is 0.876. The van der Waals surface area contributed by atoms with E-state index in [0.717, 1.165) is 31.7 Å². The van der Waals surface area contributed by atoms with Gasteiger partial charge in [0.25, 0.3) is 0 Å². The molecule has 2 aliphatic rings. The molecule has 2 fully saturated rings. The molecule has 0 bridgehead atoms. The van der Waals surface area contributed by atoms with Crippen LogP contribution in [0.5, 0.6) is 0 Å². The van der Waals surface area contributed by atoms with Crippen molar-refractivity contribution < 1.29 is 4.74 Å². The predicted octanol–water partition coefficient (Wildman–Crippen LogP) is 2.45. The Labute approximate surface area is 93.3 Å². The van der Waals surface area contributed by atoms with Crippen LogP contribution in [0.4, 0.5) is 0 Å². The number of ether oxygens (including phenoxy) is 1. The van der Waals surface area contributed by atoms with Crippen LogP contribution in [0.25, 0.3) is 0 Å². The van der Waals surface area contributed by atoms with Crippen LogP contribution in [0.2, 0.25) is 0 Å². The van der Waals surface area contributed by atoms with Crippen molar-refractivity contribution in [2.24, 2.45) is 5.92 Å². The van der Waals surface area contributed by atoms with Gasteiger partial charge in [-0.15, -0.1) is 0 Å². The van der Waals surface area contributed by atoms with E-state index in [9.17, 15) is 0 Å². The molecule has 1 saturated carbocycles. The van der Waals surface area contributed by atoms with Crippen molar-refractivity contribution >= 4 is 0 Å². The van der Waals surface area contributed by atoms with Crippen LogP contribution in [0.1, 0.15) is 33.1 Å². The first kappa shape index (κ1) is 11.2. The van der Waals surface area contributed by atoms with Gasteiger partial charge in [0, 0.05) is 25.7 Å². The smallest absolute Gasteiger partial charge is 0.0507 e. The molecular formula is C13H23NO. The monoisotopic (exact) mass is 209 g/mol. The minimum absolute atomic E-state index is 0.788. The Balaban J connectivity index is 1.80. The summed E-state index contributed by atoms with van der Waals surface area (Å²) in [5.41, 5.74) is 1.43. The van der Waals surface area contributed by atoms with E-state index >= 15 is 0 Å². The summed E-state index contributed by atoms with van der Waals surface area (Å²) in [6.07, 6.45) is 6.43.